The van der Waals surface area contributed by atoms with Gasteiger partial charge in [0.05, 0.1) is 0 Å². The van der Waals surface area contributed by atoms with E-state index >= 15 is 0 Å². The number of hydrogen-bond acceptors (Lipinski definition) is 1. The average molecular weight is 372 g/mol. The second-order valence-electron chi connectivity index (χ2n) is 6.06. The van der Waals surface area contributed by atoms with Crippen LogP contribution in [0.3, 0.4) is 0 Å². The summed E-state index contributed by atoms with van der Waals surface area (Å²) in [5, 5.41) is 0.498. The van der Waals surface area contributed by atoms with Gasteiger partial charge in [-0.2, -0.15) is 0 Å². The minimum atomic E-state index is -4.94. The topological polar surface area (TPSA) is 9.23 Å². The fourth-order valence-corrected chi connectivity index (χ4v) is 2.74. The summed E-state index contributed by atoms with van der Waals surface area (Å²) in [6.07, 6.45) is -2.84. The van der Waals surface area contributed by atoms with Crippen molar-refractivity contribution in [2.24, 2.45) is 0 Å². The van der Waals surface area contributed by atoms with Crippen molar-refractivity contribution >= 4 is 10.8 Å². The normalized spacial score (nSPS) is 11.1. The van der Waals surface area contributed by atoms with Crippen LogP contribution in [0.4, 0.5) is 17.6 Å². The molecule has 0 spiro atoms. The van der Waals surface area contributed by atoms with E-state index in [2.05, 4.69) is 23.5 Å². The van der Waals surface area contributed by atoms with Crippen LogP contribution in [0.5, 0.6) is 5.75 Å². The highest BCUT2D eigenvalue weighted by atomic mass is 19.4. The molecule has 0 saturated carbocycles. The largest absolute Gasteiger partial charge is 0.573 e. The zero-order chi connectivity index (χ0) is 19.4. The van der Waals surface area contributed by atoms with Gasteiger partial charge in [0, 0.05) is 16.5 Å². The zero-order valence-electron chi connectivity index (χ0n) is 14.5. The predicted octanol–water partition coefficient (Wildman–Crippen LogP) is 6.23. The third-order valence-electron chi connectivity index (χ3n) is 3.99. The maximum Gasteiger partial charge on any atom is 0.573 e. The molecule has 0 bridgehead atoms. The van der Waals surface area contributed by atoms with Gasteiger partial charge in [-0.05, 0) is 47.7 Å². The molecule has 0 saturated heterocycles. The third-order valence-corrected chi connectivity index (χ3v) is 3.99. The molecule has 5 heteroatoms. The van der Waals surface area contributed by atoms with Crippen LogP contribution in [0.2, 0.25) is 0 Å². The first-order chi connectivity index (χ1) is 12.9. The Kier molecular flexibility index (Phi) is 5.36. The number of ether oxygens (including phenoxy) is 1. The molecule has 0 atom stereocenters. The molecular formula is C22H16F4O. The van der Waals surface area contributed by atoms with E-state index in [1.165, 1.54) is 17.7 Å². The van der Waals surface area contributed by atoms with Crippen LogP contribution in [-0.2, 0) is 6.42 Å². The van der Waals surface area contributed by atoms with Gasteiger partial charge in [0.1, 0.15) is 0 Å². The number of aryl methyl sites for hydroxylation is 1. The Bertz CT molecular complexity index is 1010. The van der Waals surface area contributed by atoms with Crippen molar-refractivity contribution in [1.82, 2.24) is 0 Å². The van der Waals surface area contributed by atoms with E-state index in [0.29, 0.717) is 10.9 Å². The molecule has 0 fully saturated rings. The predicted molar refractivity (Wildman–Crippen MR) is 97.0 cm³/mol. The van der Waals surface area contributed by atoms with Gasteiger partial charge in [-0.25, -0.2) is 4.39 Å². The number of hydrogen-bond donors (Lipinski definition) is 0. The SMILES string of the molecule is CCCc1ccc(C#Cc2ccc3c(F)c(OC(F)(F)F)ccc3c2)cc1. The first kappa shape index (κ1) is 18.8. The minimum Gasteiger partial charge on any atom is -0.403 e. The number of benzene rings is 3. The number of halogens is 4. The first-order valence-corrected chi connectivity index (χ1v) is 8.44. The molecule has 3 rings (SSSR count). The fourth-order valence-electron chi connectivity index (χ4n) is 2.74. The van der Waals surface area contributed by atoms with E-state index in [1.807, 2.05) is 24.3 Å². The molecule has 27 heavy (non-hydrogen) atoms. The second kappa shape index (κ2) is 7.71. The van der Waals surface area contributed by atoms with Crippen molar-refractivity contribution in [3.8, 4) is 17.6 Å². The summed E-state index contributed by atoms with van der Waals surface area (Å²) in [4.78, 5) is 0. The van der Waals surface area contributed by atoms with Gasteiger partial charge in [-0.15, -0.1) is 13.2 Å². The van der Waals surface area contributed by atoms with Crippen LogP contribution in [-0.4, -0.2) is 6.36 Å². The maximum atomic E-state index is 14.2. The molecule has 0 radical (unpaired) electrons. The molecule has 0 aliphatic carbocycles. The molecule has 3 aromatic carbocycles. The number of fused-ring (bicyclic) bond motifs is 1. The van der Waals surface area contributed by atoms with Crippen LogP contribution < -0.4 is 4.74 Å². The van der Waals surface area contributed by atoms with E-state index in [1.54, 1.807) is 12.1 Å². The zero-order valence-corrected chi connectivity index (χ0v) is 14.5. The van der Waals surface area contributed by atoms with E-state index in [0.717, 1.165) is 24.5 Å². The quantitative estimate of drug-likeness (QED) is 0.391. The lowest BCUT2D eigenvalue weighted by Gasteiger charge is -2.11. The van der Waals surface area contributed by atoms with Crippen LogP contribution in [0, 0.1) is 17.7 Å². The van der Waals surface area contributed by atoms with Gasteiger partial charge >= 0.3 is 6.36 Å². The lowest BCUT2D eigenvalue weighted by molar-refractivity contribution is -0.275. The third kappa shape index (κ3) is 4.79. The summed E-state index contributed by atoms with van der Waals surface area (Å²) in [6.45, 7) is 2.12. The molecule has 0 amide bonds. The van der Waals surface area contributed by atoms with Crippen LogP contribution in [0.15, 0.2) is 54.6 Å². The maximum absolute atomic E-state index is 14.2. The summed E-state index contributed by atoms with van der Waals surface area (Å²) in [7, 11) is 0. The molecule has 0 aliphatic rings. The van der Waals surface area contributed by atoms with Crippen molar-refractivity contribution in [2.75, 3.05) is 0 Å². The second-order valence-corrected chi connectivity index (χ2v) is 6.06. The van der Waals surface area contributed by atoms with Gasteiger partial charge < -0.3 is 4.74 Å². The summed E-state index contributed by atoms with van der Waals surface area (Å²) in [5.41, 5.74) is 2.75. The van der Waals surface area contributed by atoms with Crippen LogP contribution in [0.25, 0.3) is 10.8 Å². The average Bonchev–Trinajstić information content (AvgIpc) is 2.63. The van der Waals surface area contributed by atoms with Gasteiger partial charge in [-0.1, -0.05) is 49.5 Å². The monoisotopic (exact) mass is 372 g/mol. The summed E-state index contributed by atoms with van der Waals surface area (Å²) in [6, 6.07) is 14.9. The van der Waals surface area contributed by atoms with Crippen LogP contribution >= 0.6 is 0 Å². The fraction of sp³-hybridized carbons (Fsp3) is 0.182. The van der Waals surface area contributed by atoms with E-state index in [9.17, 15) is 17.6 Å². The van der Waals surface area contributed by atoms with E-state index in [-0.39, 0.29) is 5.39 Å². The van der Waals surface area contributed by atoms with Crippen LogP contribution in [0.1, 0.15) is 30.0 Å². The molecule has 1 nitrogen and oxygen atoms in total. The summed E-state index contributed by atoms with van der Waals surface area (Å²) >= 11 is 0. The lowest BCUT2D eigenvalue weighted by atomic mass is 10.1. The van der Waals surface area contributed by atoms with E-state index in [4.69, 9.17) is 0 Å². The molecule has 3 aromatic rings. The first-order valence-electron chi connectivity index (χ1n) is 8.44. The Morgan fingerprint density at radius 3 is 2.22 bits per heavy atom. The van der Waals surface area contributed by atoms with E-state index < -0.39 is 17.9 Å². The molecule has 0 N–H and O–H groups in total. The summed E-state index contributed by atoms with van der Waals surface area (Å²) < 4.78 is 54.8. The Morgan fingerprint density at radius 1 is 0.889 bits per heavy atom. The molecule has 0 aliphatic heterocycles. The lowest BCUT2D eigenvalue weighted by Crippen LogP contribution is -2.17. The molecule has 0 heterocycles. The van der Waals surface area contributed by atoms with Crippen molar-refractivity contribution in [2.45, 2.75) is 26.1 Å². The minimum absolute atomic E-state index is 0.0474. The standard InChI is InChI=1S/C22H16F4O/c1-2-3-15-4-6-16(7-5-15)8-9-17-10-12-19-18(14-17)11-13-20(21(19)23)27-22(24,25)26/h4-7,10-14H,2-3H2,1H3. The molecule has 138 valence electrons. The molecule has 0 aromatic heterocycles. The van der Waals surface area contributed by atoms with Crippen molar-refractivity contribution < 1.29 is 22.3 Å². The Hall–Kier alpha value is -3.00. The number of rotatable bonds is 3. The smallest absolute Gasteiger partial charge is 0.403 e. The van der Waals surface area contributed by atoms with Crippen molar-refractivity contribution in [3.63, 3.8) is 0 Å². The van der Waals surface area contributed by atoms with Gasteiger partial charge in [-0.3, -0.25) is 0 Å². The Labute approximate surface area is 154 Å². The highest BCUT2D eigenvalue weighted by Gasteiger charge is 2.32. The molecule has 0 unspecified atom stereocenters. The van der Waals surface area contributed by atoms with Gasteiger partial charge in [0.25, 0.3) is 0 Å². The van der Waals surface area contributed by atoms with Gasteiger partial charge in [0.15, 0.2) is 11.6 Å². The highest BCUT2D eigenvalue weighted by Crippen LogP contribution is 2.31. The summed E-state index contributed by atoms with van der Waals surface area (Å²) in [5.74, 6) is 4.14. The molecular weight excluding hydrogens is 356 g/mol. The highest BCUT2D eigenvalue weighted by molar-refractivity contribution is 5.86. The Balaban J connectivity index is 1.86. The van der Waals surface area contributed by atoms with Crippen molar-refractivity contribution in [1.29, 1.82) is 0 Å². The van der Waals surface area contributed by atoms with Gasteiger partial charge in [0.2, 0.25) is 0 Å². The van der Waals surface area contributed by atoms with Crippen molar-refractivity contribution in [3.05, 3.63) is 77.1 Å². The number of alkyl halides is 3. The Morgan fingerprint density at radius 2 is 1.56 bits per heavy atom.